The Morgan fingerprint density at radius 2 is 1.71 bits per heavy atom. The predicted octanol–water partition coefficient (Wildman–Crippen LogP) is 5.93. The summed E-state index contributed by atoms with van der Waals surface area (Å²) in [7, 11) is 0. The first kappa shape index (κ1) is 20.9. The van der Waals surface area contributed by atoms with Crippen molar-refractivity contribution in [1.29, 1.82) is 0 Å². The summed E-state index contributed by atoms with van der Waals surface area (Å²) in [5, 5.41) is 6.47. The molecule has 1 aromatic carbocycles. The van der Waals surface area contributed by atoms with Gasteiger partial charge in [-0.05, 0) is 37.1 Å². The van der Waals surface area contributed by atoms with Gasteiger partial charge in [-0.2, -0.15) is 4.98 Å². The maximum absolute atomic E-state index is 12.5. The van der Waals surface area contributed by atoms with Gasteiger partial charge in [0.05, 0.1) is 5.69 Å². The molecule has 2 aromatic heterocycles. The Kier molecular flexibility index (Phi) is 6.20. The lowest BCUT2D eigenvalue weighted by Crippen LogP contribution is -2.23. The highest BCUT2D eigenvalue weighted by atomic mass is 19.4. The number of anilines is 3. The summed E-state index contributed by atoms with van der Waals surface area (Å²) in [6.45, 7) is 0. The van der Waals surface area contributed by atoms with Crippen molar-refractivity contribution in [3.8, 4) is 17.0 Å². The van der Waals surface area contributed by atoms with Crippen LogP contribution in [0.15, 0.2) is 54.9 Å². The first-order valence-electron chi connectivity index (χ1n) is 10.1. The molecule has 0 radical (unpaired) electrons. The van der Waals surface area contributed by atoms with Crippen LogP contribution in [-0.4, -0.2) is 27.4 Å². The third-order valence-electron chi connectivity index (χ3n) is 4.98. The number of rotatable bonds is 6. The molecule has 1 aliphatic carbocycles. The molecule has 9 heteroatoms. The SMILES string of the molecule is FC(F)(F)Oc1cccc(Nc2cc(-c3ccncc3)nc(NC3CCCCC3)n2)c1. The standard InChI is InChI=1S/C22H22F3N5O/c23-22(24,25)31-18-8-4-7-17(13-18)27-20-14-19(15-9-11-26-12-10-15)29-21(30-20)28-16-5-2-1-3-6-16/h4,7-14,16H,1-3,5-6H2,(H2,27,28,29,30). The summed E-state index contributed by atoms with van der Waals surface area (Å²) in [5.41, 5.74) is 1.96. The van der Waals surface area contributed by atoms with Gasteiger partial charge in [0, 0.05) is 41.8 Å². The fraction of sp³-hybridized carbons (Fsp3) is 0.318. The molecule has 162 valence electrons. The van der Waals surface area contributed by atoms with E-state index >= 15 is 0 Å². The molecule has 0 amide bonds. The lowest BCUT2D eigenvalue weighted by Gasteiger charge is -2.23. The highest BCUT2D eigenvalue weighted by Crippen LogP contribution is 2.28. The Hall–Kier alpha value is -3.36. The molecule has 31 heavy (non-hydrogen) atoms. The summed E-state index contributed by atoms with van der Waals surface area (Å²) < 4.78 is 41.6. The maximum atomic E-state index is 12.5. The van der Waals surface area contributed by atoms with Gasteiger partial charge in [-0.3, -0.25) is 4.98 Å². The van der Waals surface area contributed by atoms with E-state index in [1.165, 1.54) is 37.5 Å². The van der Waals surface area contributed by atoms with Crippen LogP contribution in [0.3, 0.4) is 0 Å². The smallest absolute Gasteiger partial charge is 0.406 e. The lowest BCUT2D eigenvalue weighted by molar-refractivity contribution is -0.274. The van der Waals surface area contributed by atoms with Crippen molar-refractivity contribution in [2.24, 2.45) is 0 Å². The van der Waals surface area contributed by atoms with E-state index in [1.54, 1.807) is 24.5 Å². The van der Waals surface area contributed by atoms with Gasteiger partial charge in [0.2, 0.25) is 5.95 Å². The van der Waals surface area contributed by atoms with Crippen LogP contribution in [0.1, 0.15) is 32.1 Å². The molecule has 0 unspecified atom stereocenters. The fourth-order valence-electron chi connectivity index (χ4n) is 3.59. The number of hydrogen-bond donors (Lipinski definition) is 2. The molecule has 1 fully saturated rings. The van der Waals surface area contributed by atoms with Crippen LogP contribution < -0.4 is 15.4 Å². The van der Waals surface area contributed by atoms with E-state index in [0.29, 0.717) is 29.2 Å². The Balaban J connectivity index is 1.61. The van der Waals surface area contributed by atoms with Crippen molar-refractivity contribution < 1.29 is 17.9 Å². The molecule has 3 aromatic rings. The van der Waals surface area contributed by atoms with Crippen molar-refractivity contribution >= 4 is 17.5 Å². The van der Waals surface area contributed by atoms with E-state index in [4.69, 9.17) is 0 Å². The summed E-state index contributed by atoms with van der Waals surface area (Å²) in [6, 6.07) is 11.4. The quantitative estimate of drug-likeness (QED) is 0.506. The van der Waals surface area contributed by atoms with Gasteiger partial charge in [0.25, 0.3) is 0 Å². The largest absolute Gasteiger partial charge is 0.573 e. The molecular weight excluding hydrogens is 407 g/mol. The van der Waals surface area contributed by atoms with Crippen LogP contribution in [0.5, 0.6) is 5.75 Å². The second-order valence-corrected chi connectivity index (χ2v) is 7.38. The van der Waals surface area contributed by atoms with Gasteiger partial charge in [0.15, 0.2) is 0 Å². The van der Waals surface area contributed by atoms with Gasteiger partial charge in [-0.1, -0.05) is 25.3 Å². The molecule has 0 atom stereocenters. The molecule has 6 nitrogen and oxygen atoms in total. The number of pyridine rings is 1. The molecule has 1 aliphatic rings. The molecule has 4 rings (SSSR count). The Morgan fingerprint density at radius 1 is 0.935 bits per heavy atom. The average molecular weight is 429 g/mol. The van der Waals surface area contributed by atoms with Crippen molar-refractivity contribution in [1.82, 2.24) is 15.0 Å². The van der Waals surface area contributed by atoms with Crippen LogP contribution in [0.4, 0.5) is 30.6 Å². The van der Waals surface area contributed by atoms with E-state index < -0.39 is 6.36 Å². The van der Waals surface area contributed by atoms with Gasteiger partial charge in [-0.15, -0.1) is 13.2 Å². The monoisotopic (exact) mass is 429 g/mol. The minimum absolute atomic E-state index is 0.304. The number of ether oxygens (including phenoxy) is 1. The Labute approximate surface area is 177 Å². The molecular formula is C22H22F3N5O. The minimum atomic E-state index is -4.75. The molecule has 0 bridgehead atoms. The summed E-state index contributed by atoms with van der Waals surface area (Å²) >= 11 is 0. The van der Waals surface area contributed by atoms with Gasteiger partial charge < -0.3 is 15.4 Å². The highest BCUT2D eigenvalue weighted by molar-refractivity contribution is 5.67. The highest BCUT2D eigenvalue weighted by Gasteiger charge is 2.31. The number of hydrogen-bond acceptors (Lipinski definition) is 6. The normalized spacial score (nSPS) is 14.8. The fourth-order valence-corrected chi connectivity index (χ4v) is 3.59. The van der Waals surface area contributed by atoms with E-state index in [-0.39, 0.29) is 5.75 Å². The second-order valence-electron chi connectivity index (χ2n) is 7.38. The number of nitrogens with zero attached hydrogens (tertiary/aromatic N) is 3. The number of benzene rings is 1. The first-order chi connectivity index (χ1) is 14.9. The average Bonchev–Trinajstić information content (AvgIpc) is 2.74. The van der Waals surface area contributed by atoms with Crippen molar-refractivity contribution in [2.45, 2.75) is 44.5 Å². The van der Waals surface area contributed by atoms with Crippen LogP contribution in [0, 0.1) is 0 Å². The van der Waals surface area contributed by atoms with E-state index in [9.17, 15) is 13.2 Å². The maximum Gasteiger partial charge on any atom is 0.573 e. The summed E-state index contributed by atoms with van der Waals surface area (Å²) in [5.74, 6) is 0.636. The van der Waals surface area contributed by atoms with E-state index in [0.717, 1.165) is 18.4 Å². The number of alkyl halides is 3. The third-order valence-corrected chi connectivity index (χ3v) is 4.98. The van der Waals surface area contributed by atoms with E-state index in [1.807, 2.05) is 12.1 Å². The number of halogens is 3. The van der Waals surface area contributed by atoms with Gasteiger partial charge in [0.1, 0.15) is 11.6 Å². The minimum Gasteiger partial charge on any atom is -0.406 e. The molecule has 0 aliphatic heterocycles. The lowest BCUT2D eigenvalue weighted by atomic mass is 9.96. The molecule has 2 heterocycles. The Bertz CT molecular complexity index is 1010. The van der Waals surface area contributed by atoms with Crippen LogP contribution >= 0.6 is 0 Å². The Morgan fingerprint density at radius 3 is 2.45 bits per heavy atom. The zero-order valence-corrected chi connectivity index (χ0v) is 16.7. The van der Waals surface area contributed by atoms with E-state index in [2.05, 4.69) is 30.3 Å². The first-order valence-corrected chi connectivity index (χ1v) is 10.1. The molecule has 0 saturated heterocycles. The number of aromatic nitrogens is 3. The predicted molar refractivity (Wildman–Crippen MR) is 112 cm³/mol. The molecule has 0 spiro atoms. The van der Waals surface area contributed by atoms with Crippen molar-refractivity contribution in [3.63, 3.8) is 0 Å². The summed E-state index contributed by atoms with van der Waals surface area (Å²) in [4.78, 5) is 13.2. The van der Waals surface area contributed by atoms with Crippen LogP contribution in [0.25, 0.3) is 11.3 Å². The topological polar surface area (TPSA) is 72.0 Å². The van der Waals surface area contributed by atoms with Gasteiger partial charge in [-0.25, -0.2) is 4.98 Å². The van der Waals surface area contributed by atoms with Crippen molar-refractivity contribution in [3.05, 3.63) is 54.9 Å². The second kappa shape index (κ2) is 9.20. The van der Waals surface area contributed by atoms with Crippen molar-refractivity contribution in [2.75, 3.05) is 10.6 Å². The zero-order chi connectivity index (χ0) is 21.7. The van der Waals surface area contributed by atoms with Crippen LogP contribution in [-0.2, 0) is 0 Å². The molecule has 2 N–H and O–H groups in total. The number of nitrogens with one attached hydrogen (secondary N) is 2. The summed E-state index contributed by atoms with van der Waals surface area (Å²) in [6.07, 6.45) is 4.29. The van der Waals surface area contributed by atoms with Crippen LogP contribution in [0.2, 0.25) is 0 Å². The molecule has 1 saturated carbocycles. The van der Waals surface area contributed by atoms with Gasteiger partial charge >= 0.3 is 6.36 Å². The zero-order valence-electron chi connectivity index (χ0n) is 16.7. The third kappa shape index (κ3) is 6.07.